The van der Waals surface area contributed by atoms with Gasteiger partial charge in [-0.25, -0.2) is 0 Å². The lowest BCUT2D eigenvalue weighted by molar-refractivity contribution is -0.274. The monoisotopic (exact) mass is 333 g/mol. The number of aliphatic carboxylic acids is 1. The third-order valence-electron chi connectivity index (χ3n) is 3.22. The van der Waals surface area contributed by atoms with Gasteiger partial charge in [-0.15, -0.1) is 13.2 Å². The number of hydrogen-bond acceptors (Lipinski definition) is 3. The van der Waals surface area contributed by atoms with Crippen LogP contribution in [0.4, 0.5) is 13.2 Å². The molecule has 0 saturated heterocycles. The van der Waals surface area contributed by atoms with E-state index in [1.165, 1.54) is 18.2 Å². The SMILES string of the molecule is CC(C)(C)CCC(NCc1ccccc1OC(F)(F)F)C(=O)O. The van der Waals surface area contributed by atoms with Gasteiger partial charge in [0.15, 0.2) is 0 Å². The molecule has 0 aliphatic rings. The third-order valence-corrected chi connectivity index (χ3v) is 3.22. The quantitative estimate of drug-likeness (QED) is 0.793. The number of benzene rings is 1. The van der Waals surface area contributed by atoms with Gasteiger partial charge in [-0.1, -0.05) is 39.0 Å². The molecule has 4 nitrogen and oxygen atoms in total. The Morgan fingerprint density at radius 1 is 1.26 bits per heavy atom. The Hall–Kier alpha value is -1.76. The fraction of sp³-hybridized carbons (Fsp3) is 0.562. The smallest absolute Gasteiger partial charge is 0.480 e. The van der Waals surface area contributed by atoms with Gasteiger partial charge in [0.05, 0.1) is 0 Å². The van der Waals surface area contributed by atoms with Crippen LogP contribution in [0.15, 0.2) is 24.3 Å². The molecule has 130 valence electrons. The van der Waals surface area contributed by atoms with E-state index >= 15 is 0 Å². The van der Waals surface area contributed by atoms with Gasteiger partial charge in [0.25, 0.3) is 0 Å². The van der Waals surface area contributed by atoms with Crippen LogP contribution in [0.25, 0.3) is 0 Å². The van der Waals surface area contributed by atoms with Gasteiger partial charge in [-0.05, 0) is 24.3 Å². The summed E-state index contributed by atoms with van der Waals surface area (Å²) in [6.07, 6.45) is -3.71. The number of halogens is 3. The van der Waals surface area contributed by atoms with Crippen LogP contribution < -0.4 is 10.1 Å². The summed E-state index contributed by atoms with van der Waals surface area (Å²) in [5, 5.41) is 12.0. The fourth-order valence-electron chi connectivity index (χ4n) is 2.00. The van der Waals surface area contributed by atoms with E-state index in [1.54, 1.807) is 6.07 Å². The largest absolute Gasteiger partial charge is 0.573 e. The summed E-state index contributed by atoms with van der Waals surface area (Å²) in [5.41, 5.74) is 0.235. The molecule has 1 unspecified atom stereocenters. The summed E-state index contributed by atoms with van der Waals surface area (Å²) in [7, 11) is 0. The molecule has 23 heavy (non-hydrogen) atoms. The molecule has 1 atom stereocenters. The van der Waals surface area contributed by atoms with Crippen molar-refractivity contribution in [3.63, 3.8) is 0 Å². The maximum absolute atomic E-state index is 12.4. The van der Waals surface area contributed by atoms with Crippen LogP contribution in [-0.2, 0) is 11.3 Å². The Balaban J connectivity index is 2.73. The number of carbonyl (C=O) groups is 1. The molecule has 0 fully saturated rings. The second-order valence-corrected chi connectivity index (χ2v) is 6.53. The number of alkyl halides is 3. The number of rotatable bonds is 7. The minimum Gasteiger partial charge on any atom is -0.480 e. The summed E-state index contributed by atoms with van der Waals surface area (Å²) in [6.45, 7) is 5.97. The molecule has 0 amide bonds. The highest BCUT2D eigenvalue weighted by atomic mass is 19.4. The van der Waals surface area contributed by atoms with Crippen molar-refractivity contribution in [3.8, 4) is 5.75 Å². The van der Waals surface area contributed by atoms with Crippen LogP contribution in [0.5, 0.6) is 5.75 Å². The molecule has 2 N–H and O–H groups in total. The minimum absolute atomic E-state index is 0.0205. The van der Waals surface area contributed by atoms with E-state index in [9.17, 15) is 23.1 Å². The Bertz CT molecular complexity index is 524. The molecule has 0 bridgehead atoms. The van der Waals surface area contributed by atoms with Gasteiger partial charge < -0.3 is 15.2 Å². The first-order valence-electron chi connectivity index (χ1n) is 7.28. The summed E-state index contributed by atoms with van der Waals surface area (Å²) in [4.78, 5) is 11.3. The van der Waals surface area contributed by atoms with Crippen molar-refractivity contribution in [2.24, 2.45) is 5.41 Å². The molecule has 0 radical (unpaired) electrons. The topological polar surface area (TPSA) is 58.6 Å². The zero-order chi connectivity index (χ0) is 17.7. The van der Waals surface area contributed by atoms with E-state index < -0.39 is 18.4 Å². The van der Waals surface area contributed by atoms with Crippen LogP contribution in [0.2, 0.25) is 0 Å². The van der Waals surface area contributed by atoms with Gasteiger partial charge in [-0.3, -0.25) is 4.79 Å². The van der Waals surface area contributed by atoms with Crippen LogP contribution in [0, 0.1) is 5.41 Å². The highest BCUT2D eigenvalue weighted by Crippen LogP contribution is 2.26. The molecular weight excluding hydrogens is 311 g/mol. The highest BCUT2D eigenvalue weighted by molar-refractivity contribution is 5.73. The second-order valence-electron chi connectivity index (χ2n) is 6.53. The lowest BCUT2D eigenvalue weighted by atomic mass is 9.88. The van der Waals surface area contributed by atoms with Crippen LogP contribution >= 0.6 is 0 Å². The predicted molar refractivity (Wildman–Crippen MR) is 80.1 cm³/mol. The van der Waals surface area contributed by atoms with Crippen LogP contribution in [-0.4, -0.2) is 23.5 Å². The van der Waals surface area contributed by atoms with Crippen molar-refractivity contribution in [1.82, 2.24) is 5.32 Å². The summed E-state index contributed by atoms with van der Waals surface area (Å²) in [5.74, 6) is -1.35. The number of carboxylic acid groups (broad SMARTS) is 1. The van der Waals surface area contributed by atoms with Crippen LogP contribution in [0.3, 0.4) is 0 Å². The first-order chi connectivity index (χ1) is 10.5. The lowest BCUT2D eigenvalue weighted by Crippen LogP contribution is -2.37. The first kappa shape index (κ1) is 19.3. The van der Waals surface area contributed by atoms with Crippen molar-refractivity contribution in [1.29, 1.82) is 0 Å². The average Bonchev–Trinajstić information content (AvgIpc) is 2.37. The molecule has 1 aromatic rings. The second kappa shape index (κ2) is 7.68. The molecule has 1 aromatic carbocycles. The molecule has 0 aliphatic heterocycles. The maximum atomic E-state index is 12.4. The van der Waals surface area contributed by atoms with Crippen molar-refractivity contribution in [2.75, 3.05) is 0 Å². The molecule has 0 spiro atoms. The fourth-order valence-corrected chi connectivity index (χ4v) is 2.00. The van der Waals surface area contributed by atoms with Crippen LogP contribution in [0.1, 0.15) is 39.2 Å². The van der Waals surface area contributed by atoms with Crippen molar-refractivity contribution >= 4 is 5.97 Å². The zero-order valence-electron chi connectivity index (χ0n) is 13.4. The van der Waals surface area contributed by atoms with Crippen molar-refractivity contribution < 1.29 is 27.8 Å². The van der Waals surface area contributed by atoms with Crippen molar-refractivity contribution in [2.45, 2.75) is 52.6 Å². The van der Waals surface area contributed by atoms with Gasteiger partial charge in [-0.2, -0.15) is 0 Å². The van der Waals surface area contributed by atoms with Gasteiger partial charge in [0, 0.05) is 12.1 Å². The number of nitrogens with one attached hydrogen (secondary N) is 1. The minimum atomic E-state index is -4.78. The molecule has 1 rings (SSSR count). The number of carboxylic acids is 1. The zero-order valence-corrected chi connectivity index (χ0v) is 13.4. The van der Waals surface area contributed by atoms with E-state index in [1.807, 2.05) is 20.8 Å². The summed E-state index contributed by atoms with van der Waals surface area (Å²) in [6, 6.07) is 4.85. The third kappa shape index (κ3) is 7.88. The van der Waals surface area contributed by atoms with E-state index in [2.05, 4.69) is 10.1 Å². The molecule has 0 saturated carbocycles. The standard InChI is InChI=1S/C16H22F3NO3/c1-15(2,3)9-8-12(14(21)22)20-10-11-6-4-5-7-13(11)23-16(17,18)19/h4-7,12,20H,8-10H2,1-3H3,(H,21,22). The maximum Gasteiger partial charge on any atom is 0.573 e. The Labute approximate surface area is 133 Å². The van der Waals surface area contributed by atoms with Crippen molar-refractivity contribution in [3.05, 3.63) is 29.8 Å². The van der Waals surface area contributed by atoms with Gasteiger partial charge in [0.2, 0.25) is 0 Å². The Morgan fingerprint density at radius 2 is 1.87 bits per heavy atom. The average molecular weight is 333 g/mol. The van der Waals surface area contributed by atoms with E-state index in [4.69, 9.17) is 0 Å². The van der Waals surface area contributed by atoms with Gasteiger partial charge >= 0.3 is 12.3 Å². The first-order valence-corrected chi connectivity index (χ1v) is 7.28. The Kier molecular flexibility index (Phi) is 6.44. The molecule has 0 heterocycles. The molecular formula is C16H22F3NO3. The van der Waals surface area contributed by atoms with E-state index in [-0.39, 0.29) is 23.3 Å². The van der Waals surface area contributed by atoms with E-state index in [0.717, 1.165) is 0 Å². The summed E-state index contributed by atoms with van der Waals surface area (Å²) < 4.78 is 41.0. The predicted octanol–water partition coefficient (Wildman–Crippen LogP) is 3.95. The lowest BCUT2D eigenvalue weighted by Gasteiger charge is -2.22. The highest BCUT2D eigenvalue weighted by Gasteiger charge is 2.32. The molecule has 0 aromatic heterocycles. The van der Waals surface area contributed by atoms with E-state index in [0.29, 0.717) is 12.8 Å². The normalized spacial score (nSPS) is 13.7. The Morgan fingerprint density at radius 3 is 2.39 bits per heavy atom. The summed E-state index contributed by atoms with van der Waals surface area (Å²) >= 11 is 0. The molecule has 0 aliphatic carbocycles. The number of hydrogen-bond donors (Lipinski definition) is 2. The number of ether oxygens (including phenoxy) is 1. The molecule has 7 heteroatoms. The number of para-hydroxylation sites is 1. The van der Waals surface area contributed by atoms with Gasteiger partial charge in [0.1, 0.15) is 11.8 Å².